The molecule has 0 radical (unpaired) electrons. The van der Waals surface area contributed by atoms with Gasteiger partial charge in [0.25, 0.3) is 0 Å². The van der Waals surface area contributed by atoms with Crippen LogP contribution in [0.5, 0.6) is 0 Å². The molecule has 2 aliphatic rings. The van der Waals surface area contributed by atoms with Crippen molar-refractivity contribution in [2.75, 3.05) is 18.0 Å². The Morgan fingerprint density at radius 2 is 1.97 bits per heavy atom. The van der Waals surface area contributed by atoms with Crippen molar-refractivity contribution in [3.05, 3.63) is 51.2 Å². The van der Waals surface area contributed by atoms with E-state index in [2.05, 4.69) is 20.9 Å². The van der Waals surface area contributed by atoms with Gasteiger partial charge in [0.15, 0.2) is 0 Å². The molecule has 10 heteroatoms. The van der Waals surface area contributed by atoms with Crippen molar-refractivity contribution in [3.8, 4) is 0 Å². The minimum atomic E-state index is -3.69. The molecule has 3 heterocycles. The number of carbonyl (C=O) groups excluding carboxylic acids is 1. The predicted molar refractivity (Wildman–Crippen MR) is 113 cm³/mol. The maximum absolute atomic E-state index is 13.0. The van der Waals surface area contributed by atoms with Gasteiger partial charge in [0.1, 0.15) is 16.7 Å². The second-order valence-corrected chi connectivity index (χ2v) is 10.3. The Morgan fingerprint density at radius 1 is 1.24 bits per heavy atom. The van der Waals surface area contributed by atoms with Gasteiger partial charge in [0.2, 0.25) is 10.0 Å². The molecule has 0 atom stereocenters. The molecule has 1 aromatic carbocycles. The number of aryl methyl sites for hydroxylation is 1. The molecule has 0 unspecified atom stereocenters. The normalized spacial score (nSPS) is 18.4. The fourth-order valence-corrected chi connectivity index (χ4v) is 5.80. The van der Waals surface area contributed by atoms with Crippen LogP contribution in [0.15, 0.2) is 39.8 Å². The Hall–Kier alpha value is -1.68. The SMILES string of the molecule is Cc1ccc2c(c1)COC(=O)N2C1CCN(S(=O)(=O)c2cnc(Cl)c(Br)c2)CC1. The number of nitrogens with zero attached hydrogens (tertiary/aromatic N) is 3. The summed E-state index contributed by atoms with van der Waals surface area (Å²) in [6.45, 7) is 2.86. The van der Waals surface area contributed by atoms with E-state index in [1.807, 2.05) is 25.1 Å². The number of amides is 1. The van der Waals surface area contributed by atoms with Crippen molar-refractivity contribution in [1.29, 1.82) is 0 Å². The van der Waals surface area contributed by atoms with E-state index in [9.17, 15) is 13.2 Å². The summed E-state index contributed by atoms with van der Waals surface area (Å²) in [5.41, 5.74) is 2.92. The first-order chi connectivity index (χ1) is 13.8. The van der Waals surface area contributed by atoms with Crippen LogP contribution in [0.1, 0.15) is 24.0 Å². The summed E-state index contributed by atoms with van der Waals surface area (Å²) in [4.78, 5) is 18.1. The number of hydrogen-bond acceptors (Lipinski definition) is 5. The van der Waals surface area contributed by atoms with Gasteiger partial charge in [-0.1, -0.05) is 29.3 Å². The number of rotatable bonds is 3. The summed E-state index contributed by atoms with van der Waals surface area (Å²) in [5.74, 6) is 0. The van der Waals surface area contributed by atoms with E-state index < -0.39 is 10.0 Å². The Balaban J connectivity index is 1.52. The van der Waals surface area contributed by atoms with Crippen molar-refractivity contribution in [3.63, 3.8) is 0 Å². The van der Waals surface area contributed by atoms with Crippen LogP contribution in [0.3, 0.4) is 0 Å². The number of fused-ring (bicyclic) bond motifs is 1. The van der Waals surface area contributed by atoms with Crippen LogP contribution in [0.4, 0.5) is 10.5 Å². The van der Waals surface area contributed by atoms with Gasteiger partial charge < -0.3 is 4.74 Å². The van der Waals surface area contributed by atoms with E-state index in [0.717, 1.165) is 16.8 Å². The van der Waals surface area contributed by atoms with Crippen molar-refractivity contribution in [2.45, 2.75) is 37.3 Å². The highest BCUT2D eigenvalue weighted by molar-refractivity contribution is 9.10. The van der Waals surface area contributed by atoms with E-state index in [-0.39, 0.29) is 28.8 Å². The molecule has 7 nitrogen and oxygen atoms in total. The molecule has 0 bridgehead atoms. The number of carbonyl (C=O) groups is 1. The van der Waals surface area contributed by atoms with Gasteiger partial charge >= 0.3 is 6.09 Å². The zero-order valence-electron chi connectivity index (χ0n) is 15.6. The van der Waals surface area contributed by atoms with E-state index in [1.165, 1.54) is 16.6 Å². The lowest BCUT2D eigenvalue weighted by Gasteiger charge is -2.39. The second kappa shape index (κ2) is 7.86. The molecule has 1 saturated heterocycles. The Morgan fingerprint density at radius 3 is 2.66 bits per heavy atom. The first-order valence-corrected chi connectivity index (χ1v) is 11.7. The third kappa shape index (κ3) is 3.88. The zero-order chi connectivity index (χ0) is 20.8. The van der Waals surface area contributed by atoms with Crippen molar-refractivity contribution >= 4 is 49.3 Å². The average molecular weight is 501 g/mol. The standard InChI is InChI=1S/C19H19BrClN3O4S/c1-12-2-3-17-13(8-12)11-28-19(25)24(17)14-4-6-23(7-5-14)29(26,27)15-9-16(20)18(21)22-10-15/h2-3,8-10,14H,4-7,11H2,1H3. The lowest BCUT2D eigenvalue weighted by atomic mass is 10.0. The van der Waals surface area contributed by atoms with Crippen LogP contribution in [0.25, 0.3) is 0 Å². The molecule has 1 amide bonds. The van der Waals surface area contributed by atoms with E-state index in [4.69, 9.17) is 16.3 Å². The molecule has 0 saturated carbocycles. The second-order valence-electron chi connectivity index (χ2n) is 7.14. The minimum absolute atomic E-state index is 0.0884. The Kier molecular flexibility index (Phi) is 5.58. The maximum atomic E-state index is 13.0. The highest BCUT2D eigenvalue weighted by atomic mass is 79.9. The number of anilines is 1. The minimum Gasteiger partial charge on any atom is -0.444 e. The fourth-order valence-electron chi connectivity index (χ4n) is 3.75. The quantitative estimate of drug-likeness (QED) is 0.593. The van der Waals surface area contributed by atoms with E-state index >= 15 is 0 Å². The number of piperidine rings is 1. The first kappa shape index (κ1) is 20.6. The topological polar surface area (TPSA) is 79.8 Å². The Labute approximate surface area is 182 Å². The largest absolute Gasteiger partial charge is 0.444 e. The summed E-state index contributed by atoms with van der Waals surface area (Å²) in [7, 11) is -3.69. The number of pyridine rings is 1. The van der Waals surface area contributed by atoms with Gasteiger partial charge in [-0.15, -0.1) is 0 Å². The number of hydrogen-bond donors (Lipinski definition) is 0. The molecule has 29 heavy (non-hydrogen) atoms. The third-order valence-electron chi connectivity index (χ3n) is 5.24. The number of sulfonamides is 1. The molecular formula is C19H19BrClN3O4S. The molecule has 154 valence electrons. The molecule has 0 aliphatic carbocycles. The van der Waals surface area contributed by atoms with Gasteiger partial charge in [-0.05, 0) is 47.8 Å². The number of aromatic nitrogens is 1. The van der Waals surface area contributed by atoms with Crippen LogP contribution >= 0.6 is 27.5 Å². The molecule has 0 N–H and O–H groups in total. The highest BCUT2D eigenvalue weighted by Crippen LogP contribution is 2.34. The van der Waals surface area contributed by atoms with Crippen LogP contribution < -0.4 is 4.90 Å². The molecule has 2 aliphatic heterocycles. The average Bonchev–Trinajstić information content (AvgIpc) is 2.70. The number of halogens is 2. The molecular weight excluding hydrogens is 482 g/mol. The van der Waals surface area contributed by atoms with E-state index in [1.54, 1.807) is 4.90 Å². The number of ether oxygens (including phenoxy) is 1. The van der Waals surface area contributed by atoms with Crippen molar-refractivity contribution in [2.24, 2.45) is 0 Å². The molecule has 1 aromatic heterocycles. The van der Waals surface area contributed by atoms with Gasteiger partial charge in [0.05, 0.1) is 10.2 Å². The summed E-state index contributed by atoms with van der Waals surface area (Å²) in [5, 5.41) is 0.208. The van der Waals surface area contributed by atoms with Crippen molar-refractivity contribution in [1.82, 2.24) is 9.29 Å². The zero-order valence-corrected chi connectivity index (χ0v) is 18.8. The molecule has 4 rings (SSSR count). The predicted octanol–water partition coefficient (Wildman–Crippen LogP) is 4.12. The summed E-state index contributed by atoms with van der Waals surface area (Å²) in [6, 6.07) is 7.25. The number of benzene rings is 1. The van der Waals surface area contributed by atoms with Crippen LogP contribution in [-0.2, 0) is 21.4 Å². The third-order valence-corrected chi connectivity index (χ3v) is 8.24. The van der Waals surface area contributed by atoms with Crippen LogP contribution in [0, 0.1) is 6.92 Å². The van der Waals surface area contributed by atoms with Crippen molar-refractivity contribution < 1.29 is 17.9 Å². The smallest absolute Gasteiger partial charge is 0.414 e. The molecule has 0 spiro atoms. The number of cyclic esters (lactones) is 1. The van der Waals surface area contributed by atoms with Crippen LogP contribution in [0.2, 0.25) is 5.15 Å². The monoisotopic (exact) mass is 499 g/mol. The fraction of sp³-hybridized carbons (Fsp3) is 0.368. The van der Waals surface area contributed by atoms with Gasteiger partial charge in [-0.3, -0.25) is 4.90 Å². The molecule has 2 aromatic rings. The Bertz CT molecular complexity index is 1070. The van der Waals surface area contributed by atoms with E-state index in [0.29, 0.717) is 30.4 Å². The van der Waals surface area contributed by atoms with Gasteiger partial charge in [-0.25, -0.2) is 18.2 Å². The lowest BCUT2D eigenvalue weighted by Crippen LogP contribution is -2.50. The lowest BCUT2D eigenvalue weighted by molar-refractivity contribution is 0.135. The van der Waals surface area contributed by atoms with Gasteiger partial charge in [0, 0.05) is 30.9 Å². The summed E-state index contributed by atoms with van der Waals surface area (Å²) >= 11 is 9.09. The maximum Gasteiger partial charge on any atom is 0.414 e. The highest BCUT2D eigenvalue weighted by Gasteiger charge is 2.37. The summed E-state index contributed by atoms with van der Waals surface area (Å²) in [6.07, 6.45) is 1.91. The first-order valence-electron chi connectivity index (χ1n) is 9.14. The van der Waals surface area contributed by atoms with Gasteiger partial charge in [-0.2, -0.15) is 4.31 Å². The van der Waals surface area contributed by atoms with Crippen LogP contribution in [-0.4, -0.2) is 42.9 Å². The molecule has 1 fully saturated rings. The summed E-state index contributed by atoms with van der Waals surface area (Å²) < 4.78 is 33.1.